The number of likely N-dealkylation sites (tertiary alicyclic amines) is 1. The van der Waals surface area contributed by atoms with Gasteiger partial charge in [-0.15, -0.1) is 0 Å². The fraction of sp³-hybridized carbons (Fsp3) is 0.300. The van der Waals surface area contributed by atoms with E-state index in [-0.39, 0.29) is 29.3 Å². The molecule has 0 bridgehead atoms. The summed E-state index contributed by atoms with van der Waals surface area (Å²) < 4.78 is 0. The van der Waals surface area contributed by atoms with Gasteiger partial charge in [0.05, 0.1) is 16.6 Å². The van der Waals surface area contributed by atoms with E-state index in [1.807, 2.05) is 6.92 Å². The largest absolute Gasteiger partial charge is 0.508 e. The summed E-state index contributed by atoms with van der Waals surface area (Å²) in [6.45, 7) is 3.56. The third kappa shape index (κ3) is 3.53. The molecule has 0 radical (unpaired) electrons. The van der Waals surface area contributed by atoms with E-state index >= 15 is 0 Å². The number of H-pyrrole nitrogens is 1. The Morgan fingerprint density at radius 2 is 2.21 bits per heavy atom. The van der Waals surface area contributed by atoms with E-state index in [2.05, 4.69) is 20.3 Å². The number of fused-ring (bicyclic) bond motifs is 1. The Morgan fingerprint density at radius 1 is 1.36 bits per heavy atom. The summed E-state index contributed by atoms with van der Waals surface area (Å²) in [5.41, 5.74) is 2.71. The molecule has 1 fully saturated rings. The SMILES string of the molecule is Cc1ccncc1C(=O)NC[C@H]1CCN(C(=O)c2nc3ccc(O)cc3[nH]2)C1. The van der Waals surface area contributed by atoms with Crippen LogP contribution in [0.2, 0.25) is 0 Å². The van der Waals surface area contributed by atoms with Gasteiger partial charge in [-0.3, -0.25) is 14.6 Å². The number of hydrogen-bond acceptors (Lipinski definition) is 5. The molecule has 0 saturated carbocycles. The number of phenols is 1. The maximum atomic E-state index is 12.7. The highest BCUT2D eigenvalue weighted by Crippen LogP contribution is 2.21. The first-order valence-electron chi connectivity index (χ1n) is 9.18. The number of aromatic hydroxyl groups is 1. The molecule has 1 aliphatic rings. The van der Waals surface area contributed by atoms with Gasteiger partial charge in [0.15, 0.2) is 5.82 Å². The van der Waals surface area contributed by atoms with Crippen LogP contribution in [0, 0.1) is 12.8 Å². The number of nitrogens with zero attached hydrogens (tertiary/aromatic N) is 3. The van der Waals surface area contributed by atoms with Crippen LogP contribution in [0.1, 0.15) is 33.0 Å². The summed E-state index contributed by atoms with van der Waals surface area (Å²) in [7, 11) is 0. The standard InChI is InChI=1S/C20H21N5O3/c1-12-4-6-21-10-15(12)19(27)22-9-13-5-7-25(11-13)20(28)18-23-16-3-2-14(26)8-17(16)24-18/h2-4,6,8,10,13,26H,5,7,9,11H2,1H3,(H,22,27)(H,23,24)/t13-/m1/s1. The Morgan fingerprint density at radius 3 is 3.04 bits per heavy atom. The molecule has 1 aromatic carbocycles. The van der Waals surface area contributed by atoms with Crippen LogP contribution in [0.4, 0.5) is 0 Å². The maximum absolute atomic E-state index is 12.7. The fourth-order valence-corrected chi connectivity index (χ4v) is 3.47. The number of rotatable bonds is 4. The van der Waals surface area contributed by atoms with Gasteiger partial charge in [0.2, 0.25) is 0 Å². The quantitative estimate of drug-likeness (QED) is 0.641. The third-order valence-electron chi connectivity index (χ3n) is 5.08. The number of aromatic nitrogens is 3. The summed E-state index contributed by atoms with van der Waals surface area (Å²) in [6.07, 6.45) is 4.04. The normalized spacial score (nSPS) is 16.5. The molecule has 8 nitrogen and oxygen atoms in total. The van der Waals surface area contributed by atoms with Crippen LogP contribution in [-0.2, 0) is 0 Å². The second-order valence-electron chi connectivity index (χ2n) is 7.09. The van der Waals surface area contributed by atoms with E-state index in [1.165, 1.54) is 6.07 Å². The highest BCUT2D eigenvalue weighted by atomic mass is 16.3. The van der Waals surface area contributed by atoms with Gasteiger partial charge in [-0.2, -0.15) is 0 Å². The summed E-state index contributed by atoms with van der Waals surface area (Å²) in [5, 5.41) is 12.5. The lowest BCUT2D eigenvalue weighted by molar-refractivity contribution is 0.0776. The fourth-order valence-electron chi connectivity index (χ4n) is 3.47. The van der Waals surface area contributed by atoms with Gasteiger partial charge < -0.3 is 20.3 Å². The van der Waals surface area contributed by atoms with Crippen LogP contribution in [0.3, 0.4) is 0 Å². The van der Waals surface area contributed by atoms with Crippen molar-refractivity contribution >= 4 is 22.8 Å². The number of hydrogen-bond donors (Lipinski definition) is 3. The summed E-state index contributed by atoms with van der Waals surface area (Å²) >= 11 is 0. The molecule has 3 N–H and O–H groups in total. The molecule has 8 heteroatoms. The first-order valence-corrected chi connectivity index (χ1v) is 9.18. The number of aryl methyl sites for hydroxylation is 1. The van der Waals surface area contributed by atoms with Crippen LogP contribution in [-0.4, -0.2) is 56.4 Å². The van der Waals surface area contributed by atoms with Crippen LogP contribution in [0.25, 0.3) is 11.0 Å². The van der Waals surface area contributed by atoms with Crippen LogP contribution in [0.5, 0.6) is 5.75 Å². The number of imidazole rings is 1. The predicted molar refractivity (Wildman–Crippen MR) is 103 cm³/mol. The Kier molecular flexibility index (Phi) is 4.68. The number of aromatic amines is 1. The lowest BCUT2D eigenvalue weighted by Crippen LogP contribution is -2.33. The number of benzene rings is 1. The lowest BCUT2D eigenvalue weighted by Gasteiger charge is -2.15. The molecule has 3 aromatic rings. The molecule has 1 atom stereocenters. The summed E-state index contributed by atoms with van der Waals surface area (Å²) in [4.78, 5) is 38.1. The Balaban J connectivity index is 1.36. The molecular formula is C20H21N5O3. The molecule has 4 rings (SSSR count). The van der Waals surface area contributed by atoms with Crippen LogP contribution >= 0.6 is 0 Å². The van der Waals surface area contributed by atoms with Gasteiger partial charge in [-0.05, 0) is 43.0 Å². The van der Waals surface area contributed by atoms with Crippen molar-refractivity contribution < 1.29 is 14.7 Å². The molecule has 0 spiro atoms. The van der Waals surface area contributed by atoms with Crippen LogP contribution in [0.15, 0.2) is 36.7 Å². The van der Waals surface area contributed by atoms with Crippen molar-refractivity contribution in [2.45, 2.75) is 13.3 Å². The van der Waals surface area contributed by atoms with Gasteiger partial charge in [0.25, 0.3) is 11.8 Å². The molecule has 2 amide bonds. The second kappa shape index (κ2) is 7.30. The van der Waals surface area contributed by atoms with Crippen molar-refractivity contribution in [3.63, 3.8) is 0 Å². The number of pyridine rings is 1. The monoisotopic (exact) mass is 379 g/mol. The van der Waals surface area contributed by atoms with E-state index < -0.39 is 0 Å². The Hall–Kier alpha value is -3.42. The number of carbonyl (C=O) groups is 2. The van der Waals surface area contributed by atoms with Gasteiger partial charge >= 0.3 is 0 Å². The number of phenolic OH excluding ortho intramolecular Hbond substituents is 1. The predicted octanol–water partition coefficient (Wildman–Crippen LogP) is 1.86. The minimum atomic E-state index is -0.173. The molecule has 2 aromatic heterocycles. The van der Waals surface area contributed by atoms with Gasteiger partial charge in [0.1, 0.15) is 5.75 Å². The van der Waals surface area contributed by atoms with Crippen molar-refractivity contribution in [1.29, 1.82) is 0 Å². The van der Waals surface area contributed by atoms with Gasteiger partial charge in [0, 0.05) is 38.1 Å². The molecule has 28 heavy (non-hydrogen) atoms. The molecule has 3 heterocycles. The van der Waals surface area contributed by atoms with Gasteiger partial charge in [-0.25, -0.2) is 4.98 Å². The van der Waals surface area contributed by atoms with Crippen molar-refractivity contribution in [1.82, 2.24) is 25.2 Å². The molecule has 1 aliphatic heterocycles. The lowest BCUT2D eigenvalue weighted by atomic mass is 10.1. The van der Waals surface area contributed by atoms with Crippen molar-refractivity contribution in [2.24, 2.45) is 5.92 Å². The highest BCUT2D eigenvalue weighted by Gasteiger charge is 2.29. The van der Waals surface area contributed by atoms with E-state index in [9.17, 15) is 14.7 Å². The molecule has 1 saturated heterocycles. The van der Waals surface area contributed by atoms with Crippen molar-refractivity contribution in [2.75, 3.05) is 19.6 Å². The van der Waals surface area contributed by atoms with Gasteiger partial charge in [-0.1, -0.05) is 0 Å². The van der Waals surface area contributed by atoms with Crippen LogP contribution < -0.4 is 5.32 Å². The van der Waals surface area contributed by atoms with Crippen molar-refractivity contribution in [3.05, 3.63) is 53.6 Å². The Labute approximate surface area is 161 Å². The molecule has 144 valence electrons. The second-order valence-corrected chi connectivity index (χ2v) is 7.09. The third-order valence-corrected chi connectivity index (χ3v) is 5.08. The van der Waals surface area contributed by atoms with E-state index in [0.717, 1.165) is 12.0 Å². The molecule has 0 aliphatic carbocycles. The number of amides is 2. The minimum absolute atomic E-state index is 0.121. The highest BCUT2D eigenvalue weighted by molar-refractivity contribution is 5.95. The van der Waals surface area contributed by atoms with Crippen molar-refractivity contribution in [3.8, 4) is 5.75 Å². The number of carbonyl (C=O) groups excluding carboxylic acids is 2. The maximum Gasteiger partial charge on any atom is 0.289 e. The first-order chi connectivity index (χ1) is 13.5. The average molecular weight is 379 g/mol. The van der Waals surface area contributed by atoms with E-state index in [1.54, 1.807) is 35.5 Å². The zero-order valence-electron chi connectivity index (χ0n) is 15.5. The smallest absolute Gasteiger partial charge is 0.289 e. The topological polar surface area (TPSA) is 111 Å². The Bertz CT molecular complexity index is 1050. The minimum Gasteiger partial charge on any atom is -0.508 e. The zero-order valence-corrected chi connectivity index (χ0v) is 15.5. The number of nitrogens with one attached hydrogen (secondary N) is 2. The first kappa shape index (κ1) is 18.0. The molecule has 0 unspecified atom stereocenters. The zero-order chi connectivity index (χ0) is 19.7. The van der Waals surface area contributed by atoms with E-state index in [0.29, 0.717) is 36.2 Å². The summed E-state index contributed by atoms with van der Waals surface area (Å²) in [5.74, 6) is 0.255. The molecular weight excluding hydrogens is 358 g/mol. The van der Waals surface area contributed by atoms with E-state index in [4.69, 9.17) is 0 Å². The average Bonchev–Trinajstić information content (AvgIpc) is 3.32. The summed E-state index contributed by atoms with van der Waals surface area (Å²) in [6, 6.07) is 6.55.